The summed E-state index contributed by atoms with van der Waals surface area (Å²) in [6, 6.07) is 20.0. The van der Waals surface area contributed by atoms with Gasteiger partial charge in [0.15, 0.2) is 0 Å². The van der Waals surface area contributed by atoms with Gasteiger partial charge in [0, 0.05) is 6.92 Å². The highest BCUT2D eigenvalue weighted by Crippen LogP contribution is 2.08. The highest BCUT2D eigenvalue weighted by molar-refractivity contribution is 5.63. The topological polar surface area (TPSA) is 61.4 Å². The first-order valence-corrected chi connectivity index (χ1v) is 5.50. The summed E-state index contributed by atoms with van der Waals surface area (Å²) in [7, 11) is 0. The molecular weight excluding hydrogens is 228 g/mol. The van der Waals surface area contributed by atoms with Gasteiger partial charge < -0.3 is 16.0 Å². The van der Waals surface area contributed by atoms with Crippen molar-refractivity contribution in [2.45, 2.75) is 6.92 Å². The van der Waals surface area contributed by atoms with Crippen molar-refractivity contribution in [2.24, 2.45) is 0 Å². The highest BCUT2D eigenvalue weighted by atomic mass is 16.4. The van der Waals surface area contributed by atoms with Gasteiger partial charge in [0.1, 0.15) is 0 Å². The zero-order valence-electron chi connectivity index (χ0n) is 10.1. The van der Waals surface area contributed by atoms with E-state index in [1.807, 2.05) is 60.7 Å². The Balaban J connectivity index is 0.000000357. The SMILES string of the molecule is CC(=O)O.c1ccc(NNc2ccccc2)cc1. The van der Waals surface area contributed by atoms with E-state index in [0.717, 1.165) is 18.3 Å². The van der Waals surface area contributed by atoms with Crippen LogP contribution in [-0.2, 0) is 4.79 Å². The molecule has 4 nitrogen and oxygen atoms in total. The quantitative estimate of drug-likeness (QED) is 0.725. The number of carboxylic acids is 1. The molecule has 0 fully saturated rings. The third-order valence-electron chi connectivity index (χ3n) is 1.90. The van der Waals surface area contributed by atoms with E-state index in [2.05, 4.69) is 10.9 Å². The van der Waals surface area contributed by atoms with Crippen molar-refractivity contribution in [2.75, 3.05) is 10.9 Å². The molecule has 2 rings (SSSR count). The van der Waals surface area contributed by atoms with Crippen molar-refractivity contribution in [1.29, 1.82) is 0 Å². The first kappa shape index (κ1) is 13.6. The molecule has 0 saturated carbocycles. The molecule has 4 heteroatoms. The maximum atomic E-state index is 9.00. The fourth-order valence-electron chi connectivity index (χ4n) is 1.19. The van der Waals surface area contributed by atoms with Crippen LogP contribution >= 0.6 is 0 Å². The van der Waals surface area contributed by atoms with Crippen LogP contribution in [0.25, 0.3) is 0 Å². The van der Waals surface area contributed by atoms with Crippen molar-refractivity contribution >= 4 is 17.3 Å². The molecule has 0 aromatic heterocycles. The van der Waals surface area contributed by atoms with Crippen LogP contribution in [0.1, 0.15) is 6.92 Å². The number of hydrogen-bond acceptors (Lipinski definition) is 3. The molecule has 3 N–H and O–H groups in total. The summed E-state index contributed by atoms with van der Waals surface area (Å²) in [5.74, 6) is -0.833. The second-order valence-electron chi connectivity index (χ2n) is 3.50. The molecule has 0 saturated heterocycles. The average molecular weight is 244 g/mol. The molecule has 0 amide bonds. The lowest BCUT2D eigenvalue weighted by Gasteiger charge is -2.08. The van der Waals surface area contributed by atoms with E-state index in [1.54, 1.807) is 0 Å². The van der Waals surface area contributed by atoms with E-state index >= 15 is 0 Å². The van der Waals surface area contributed by atoms with E-state index in [-0.39, 0.29) is 0 Å². The van der Waals surface area contributed by atoms with Crippen LogP contribution in [0.15, 0.2) is 60.7 Å². The smallest absolute Gasteiger partial charge is 0.300 e. The third-order valence-corrected chi connectivity index (χ3v) is 1.90. The van der Waals surface area contributed by atoms with Crippen LogP contribution in [0.3, 0.4) is 0 Å². The molecule has 0 unspecified atom stereocenters. The molecule has 0 bridgehead atoms. The summed E-state index contributed by atoms with van der Waals surface area (Å²) in [5, 5.41) is 7.42. The second kappa shape index (κ2) is 7.73. The minimum absolute atomic E-state index is 0.833. The minimum Gasteiger partial charge on any atom is -0.481 e. The minimum atomic E-state index is -0.833. The number of aliphatic carboxylic acids is 1. The number of carboxylic acid groups (broad SMARTS) is 1. The van der Waals surface area contributed by atoms with Gasteiger partial charge >= 0.3 is 0 Å². The predicted octanol–water partition coefficient (Wildman–Crippen LogP) is 3.22. The lowest BCUT2D eigenvalue weighted by Crippen LogP contribution is -2.07. The van der Waals surface area contributed by atoms with Crippen molar-refractivity contribution < 1.29 is 9.90 Å². The zero-order chi connectivity index (χ0) is 13.2. The van der Waals surface area contributed by atoms with Crippen molar-refractivity contribution in [3.63, 3.8) is 0 Å². The number of para-hydroxylation sites is 2. The summed E-state index contributed by atoms with van der Waals surface area (Å²) >= 11 is 0. The number of anilines is 2. The Bertz CT molecular complexity index is 414. The van der Waals surface area contributed by atoms with Gasteiger partial charge in [-0.05, 0) is 24.3 Å². The van der Waals surface area contributed by atoms with Gasteiger partial charge in [-0.3, -0.25) is 4.79 Å². The molecule has 0 spiro atoms. The van der Waals surface area contributed by atoms with Gasteiger partial charge in [0.05, 0.1) is 11.4 Å². The molecule has 0 aliphatic rings. The Hall–Kier alpha value is -2.49. The molecular formula is C14H16N2O2. The van der Waals surface area contributed by atoms with Gasteiger partial charge in [-0.15, -0.1) is 0 Å². The maximum absolute atomic E-state index is 9.00. The number of benzene rings is 2. The molecule has 0 aliphatic carbocycles. The van der Waals surface area contributed by atoms with Crippen LogP contribution < -0.4 is 10.9 Å². The van der Waals surface area contributed by atoms with E-state index in [1.165, 1.54) is 0 Å². The predicted molar refractivity (Wildman–Crippen MR) is 73.4 cm³/mol. The second-order valence-corrected chi connectivity index (χ2v) is 3.50. The fraction of sp³-hybridized carbons (Fsp3) is 0.0714. The summed E-state index contributed by atoms with van der Waals surface area (Å²) in [5.41, 5.74) is 8.33. The standard InChI is InChI=1S/C12H12N2.C2H4O2/c1-3-7-11(8-4-1)13-14-12-9-5-2-6-10-12;1-2(3)4/h1-10,13-14H;1H3,(H,3,4). The van der Waals surface area contributed by atoms with Crippen molar-refractivity contribution in [1.82, 2.24) is 0 Å². The van der Waals surface area contributed by atoms with Gasteiger partial charge in [0.2, 0.25) is 0 Å². The van der Waals surface area contributed by atoms with Crippen LogP contribution in [0, 0.1) is 0 Å². The highest BCUT2D eigenvalue weighted by Gasteiger charge is 1.88. The Morgan fingerprint density at radius 1 is 0.833 bits per heavy atom. The Labute approximate surface area is 106 Å². The average Bonchev–Trinajstić information content (AvgIpc) is 2.38. The zero-order valence-corrected chi connectivity index (χ0v) is 10.1. The van der Waals surface area contributed by atoms with Crippen LogP contribution in [0.4, 0.5) is 11.4 Å². The molecule has 0 heterocycles. The normalized spacial score (nSPS) is 8.72. The largest absolute Gasteiger partial charge is 0.481 e. The first-order chi connectivity index (χ1) is 8.68. The Morgan fingerprint density at radius 3 is 1.39 bits per heavy atom. The molecule has 94 valence electrons. The third kappa shape index (κ3) is 6.17. The lowest BCUT2D eigenvalue weighted by molar-refractivity contribution is -0.134. The van der Waals surface area contributed by atoms with Gasteiger partial charge in [0.25, 0.3) is 5.97 Å². The van der Waals surface area contributed by atoms with Gasteiger partial charge in [-0.25, -0.2) is 0 Å². The van der Waals surface area contributed by atoms with E-state index in [9.17, 15) is 0 Å². The summed E-state index contributed by atoms with van der Waals surface area (Å²) in [6.45, 7) is 1.08. The van der Waals surface area contributed by atoms with Crippen LogP contribution in [0.2, 0.25) is 0 Å². The van der Waals surface area contributed by atoms with E-state index in [4.69, 9.17) is 9.90 Å². The summed E-state index contributed by atoms with van der Waals surface area (Å²) in [6.07, 6.45) is 0. The fourth-order valence-corrected chi connectivity index (χ4v) is 1.19. The Morgan fingerprint density at radius 2 is 1.11 bits per heavy atom. The number of nitrogens with one attached hydrogen (secondary N) is 2. The number of hydrogen-bond donors (Lipinski definition) is 3. The Kier molecular flexibility index (Phi) is 5.83. The van der Waals surface area contributed by atoms with Crippen molar-refractivity contribution in [3.8, 4) is 0 Å². The van der Waals surface area contributed by atoms with Gasteiger partial charge in [-0.2, -0.15) is 0 Å². The van der Waals surface area contributed by atoms with Crippen molar-refractivity contribution in [3.05, 3.63) is 60.7 Å². The van der Waals surface area contributed by atoms with Crippen LogP contribution in [-0.4, -0.2) is 11.1 Å². The number of carbonyl (C=O) groups is 1. The molecule has 0 radical (unpaired) electrons. The lowest BCUT2D eigenvalue weighted by atomic mass is 10.3. The summed E-state index contributed by atoms with van der Waals surface area (Å²) in [4.78, 5) is 9.00. The molecule has 0 atom stereocenters. The number of hydrazine groups is 1. The number of rotatable bonds is 3. The molecule has 2 aromatic rings. The molecule has 0 aliphatic heterocycles. The summed E-state index contributed by atoms with van der Waals surface area (Å²) < 4.78 is 0. The van der Waals surface area contributed by atoms with Gasteiger partial charge in [-0.1, -0.05) is 36.4 Å². The van der Waals surface area contributed by atoms with E-state index < -0.39 is 5.97 Å². The first-order valence-electron chi connectivity index (χ1n) is 5.50. The van der Waals surface area contributed by atoms with E-state index in [0.29, 0.717) is 0 Å². The molecule has 2 aromatic carbocycles. The molecule has 18 heavy (non-hydrogen) atoms. The maximum Gasteiger partial charge on any atom is 0.300 e. The van der Waals surface area contributed by atoms with Crippen LogP contribution in [0.5, 0.6) is 0 Å². The monoisotopic (exact) mass is 244 g/mol.